The lowest BCUT2D eigenvalue weighted by molar-refractivity contribution is -0.122. The van der Waals surface area contributed by atoms with E-state index in [1.54, 1.807) is 17.5 Å². The molecule has 6 heteroatoms. The molecule has 1 fully saturated rings. The second-order valence-corrected chi connectivity index (χ2v) is 7.18. The summed E-state index contributed by atoms with van der Waals surface area (Å²) in [5.41, 5.74) is 1.78. The van der Waals surface area contributed by atoms with Crippen molar-refractivity contribution in [1.29, 1.82) is 0 Å². The number of nitrogens with zero attached hydrogens (tertiary/aromatic N) is 2. The van der Waals surface area contributed by atoms with Crippen molar-refractivity contribution in [3.63, 3.8) is 0 Å². The van der Waals surface area contributed by atoms with Gasteiger partial charge in [0.2, 0.25) is 5.91 Å². The number of aliphatic hydroxyl groups is 1. The van der Waals surface area contributed by atoms with Gasteiger partial charge in [0.1, 0.15) is 0 Å². The maximum atomic E-state index is 12.3. The molecule has 1 aliphatic rings. The van der Waals surface area contributed by atoms with E-state index in [2.05, 4.69) is 15.3 Å². The molecule has 0 saturated heterocycles. The average Bonchev–Trinajstić information content (AvgIpc) is 2.89. The Balaban J connectivity index is 1.62. The summed E-state index contributed by atoms with van der Waals surface area (Å²) in [5.74, 6) is 0.297. The Kier molecular flexibility index (Phi) is 5.03. The predicted octanol–water partition coefficient (Wildman–Crippen LogP) is 1.89. The molecule has 23 heavy (non-hydrogen) atoms. The first-order valence-corrected chi connectivity index (χ1v) is 8.76. The summed E-state index contributed by atoms with van der Waals surface area (Å²) in [5, 5.41) is 15.6. The largest absolute Gasteiger partial charge is 0.393 e. The van der Waals surface area contributed by atoms with Gasteiger partial charge in [-0.25, -0.2) is 4.98 Å². The molecule has 2 heterocycles. The van der Waals surface area contributed by atoms with Gasteiger partial charge in [0.25, 0.3) is 0 Å². The van der Waals surface area contributed by atoms with Gasteiger partial charge in [-0.3, -0.25) is 9.78 Å². The quantitative estimate of drug-likeness (QED) is 0.847. The SMILES string of the molecule is Cc1nc(CC(=O)N[C@H](Cc2ccccn2)C2CC(O)C2)cs1. The minimum Gasteiger partial charge on any atom is -0.393 e. The molecule has 1 atom stereocenters. The third kappa shape index (κ3) is 4.36. The average molecular weight is 331 g/mol. The smallest absolute Gasteiger partial charge is 0.226 e. The van der Waals surface area contributed by atoms with Crippen molar-refractivity contribution in [2.45, 2.75) is 44.8 Å². The molecule has 5 nitrogen and oxygen atoms in total. The van der Waals surface area contributed by atoms with Gasteiger partial charge in [-0.1, -0.05) is 6.07 Å². The third-order valence-electron chi connectivity index (χ3n) is 4.23. The molecule has 0 unspecified atom stereocenters. The van der Waals surface area contributed by atoms with Crippen molar-refractivity contribution in [2.75, 3.05) is 0 Å². The number of nitrogens with one attached hydrogen (secondary N) is 1. The zero-order chi connectivity index (χ0) is 16.2. The van der Waals surface area contributed by atoms with Gasteiger partial charge >= 0.3 is 0 Å². The van der Waals surface area contributed by atoms with Crippen LogP contribution in [0, 0.1) is 12.8 Å². The number of hydrogen-bond acceptors (Lipinski definition) is 5. The van der Waals surface area contributed by atoms with E-state index in [9.17, 15) is 9.90 Å². The van der Waals surface area contributed by atoms with E-state index in [1.165, 1.54) is 0 Å². The third-order valence-corrected chi connectivity index (χ3v) is 5.05. The number of carbonyl (C=O) groups excluding carboxylic acids is 1. The minimum absolute atomic E-state index is 0.0144. The molecular formula is C17H21N3O2S. The number of pyridine rings is 1. The van der Waals surface area contributed by atoms with Crippen LogP contribution in [0.3, 0.4) is 0 Å². The summed E-state index contributed by atoms with van der Waals surface area (Å²) in [6.07, 6.45) is 4.02. The molecular weight excluding hydrogens is 310 g/mol. The van der Waals surface area contributed by atoms with Crippen molar-refractivity contribution in [3.05, 3.63) is 46.2 Å². The van der Waals surface area contributed by atoms with Crippen molar-refractivity contribution < 1.29 is 9.90 Å². The molecule has 1 aliphatic carbocycles. The topological polar surface area (TPSA) is 75.1 Å². The van der Waals surface area contributed by atoms with Crippen LogP contribution in [0.25, 0.3) is 0 Å². The van der Waals surface area contributed by atoms with Crippen LogP contribution in [0.15, 0.2) is 29.8 Å². The van der Waals surface area contributed by atoms with Crippen LogP contribution in [-0.4, -0.2) is 33.1 Å². The zero-order valence-corrected chi connectivity index (χ0v) is 13.9. The van der Waals surface area contributed by atoms with Gasteiger partial charge in [-0.15, -0.1) is 11.3 Å². The van der Waals surface area contributed by atoms with Crippen molar-refractivity contribution in [1.82, 2.24) is 15.3 Å². The molecule has 2 aromatic heterocycles. The van der Waals surface area contributed by atoms with Gasteiger partial charge in [-0.2, -0.15) is 0 Å². The highest BCUT2D eigenvalue weighted by Crippen LogP contribution is 2.31. The van der Waals surface area contributed by atoms with Crippen molar-refractivity contribution in [3.8, 4) is 0 Å². The maximum Gasteiger partial charge on any atom is 0.226 e. The molecule has 0 bridgehead atoms. The summed E-state index contributed by atoms with van der Waals surface area (Å²) >= 11 is 1.56. The Morgan fingerprint density at radius 3 is 2.87 bits per heavy atom. The van der Waals surface area contributed by atoms with Crippen LogP contribution in [-0.2, 0) is 17.6 Å². The van der Waals surface area contributed by atoms with E-state index >= 15 is 0 Å². The highest BCUT2D eigenvalue weighted by molar-refractivity contribution is 7.09. The molecule has 1 amide bonds. The normalized spacial score (nSPS) is 21.5. The molecule has 1 saturated carbocycles. The molecule has 0 aromatic carbocycles. The Hall–Kier alpha value is -1.79. The number of aliphatic hydroxyl groups excluding tert-OH is 1. The summed E-state index contributed by atoms with van der Waals surface area (Å²) in [4.78, 5) is 21.0. The van der Waals surface area contributed by atoms with Crippen LogP contribution < -0.4 is 5.32 Å². The monoisotopic (exact) mass is 331 g/mol. The fourth-order valence-electron chi connectivity index (χ4n) is 2.95. The summed E-state index contributed by atoms with van der Waals surface area (Å²) < 4.78 is 0. The number of thiazole rings is 1. The first-order chi connectivity index (χ1) is 11.1. The molecule has 2 aromatic rings. The second-order valence-electron chi connectivity index (χ2n) is 6.12. The van der Waals surface area contributed by atoms with E-state index in [4.69, 9.17) is 0 Å². The molecule has 2 N–H and O–H groups in total. The second kappa shape index (κ2) is 7.19. The summed E-state index contributed by atoms with van der Waals surface area (Å²) in [6, 6.07) is 5.82. The molecule has 0 aliphatic heterocycles. The van der Waals surface area contributed by atoms with E-state index in [1.807, 2.05) is 30.5 Å². The minimum atomic E-state index is -0.232. The molecule has 0 radical (unpaired) electrons. The van der Waals surface area contributed by atoms with E-state index in [0.29, 0.717) is 18.8 Å². The van der Waals surface area contributed by atoms with Crippen molar-refractivity contribution >= 4 is 17.2 Å². The fraction of sp³-hybridized carbons (Fsp3) is 0.471. The fourth-order valence-corrected chi connectivity index (χ4v) is 3.56. The summed E-state index contributed by atoms with van der Waals surface area (Å²) in [7, 11) is 0. The highest BCUT2D eigenvalue weighted by Gasteiger charge is 2.35. The van der Waals surface area contributed by atoms with Crippen LogP contribution in [0.5, 0.6) is 0 Å². The zero-order valence-electron chi connectivity index (χ0n) is 13.1. The first kappa shape index (κ1) is 16.1. The van der Waals surface area contributed by atoms with E-state index in [0.717, 1.165) is 29.2 Å². The van der Waals surface area contributed by atoms with Gasteiger partial charge < -0.3 is 10.4 Å². The number of hydrogen-bond donors (Lipinski definition) is 2. The Morgan fingerprint density at radius 2 is 2.26 bits per heavy atom. The van der Waals surface area contributed by atoms with Gasteiger partial charge in [-0.05, 0) is 37.8 Å². The first-order valence-electron chi connectivity index (χ1n) is 7.88. The summed E-state index contributed by atoms with van der Waals surface area (Å²) in [6.45, 7) is 1.94. The van der Waals surface area contributed by atoms with Gasteiger partial charge in [0.05, 0.1) is 23.2 Å². The van der Waals surface area contributed by atoms with Crippen molar-refractivity contribution in [2.24, 2.45) is 5.92 Å². The lowest BCUT2D eigenvalue weighted by Crippen LogP contribution is -2.48. The maximum absolute atomic E-state index is 12.3. The Labute approximate surface area is 139 Å². The molecule has 0 spiro atoms. The number of rotatable bonds is 6. The van der Waals surface area contributed by atoms with E-state index < -0.39 is 0 Å². The Morgan fingerprint density at radius 1 is 1.43 bits per heavy atom. The van der Waals surface area contributed by atoms with Crippen LogP contribution >= 0.6 is 11.3 Å². The molecule has 3 rings (SSSR count). The van der Waals surface area contributed by atoms with Crippen LogP contribution in [0.1, 0.15) is 29.2 Å². The number of amides is 1. The predicted molar refractivity (Wildman–Crippen MR) is 89.2 cm³/mol. The highest BCUT2D eigenvalue weighted by atomic mass is 32.1. The standard InChI is InChI=1S/C17H21N3O2S/c1-11-19-14(10-23-11)9-17(22)20-16(12-6-15(21)7-12)8-13-4-2-3-5-18-13/h2-5,10,12,15-16,21H,6-9H2,1H3,(H,20,22)/t12?,15?,16-/m1/s1. The van der Waals surface area contributed by atoms with Crippen LogP contribution in [0.2, 0.25) is 0 Å². The Bertz CT molecular complexity index is 653. The number of aryl methyl sites for hydroxylation is 1. The number of carbonyl (C=O) groups is 1. The molecule has 122 valence electrons. The van der Waals surface area contributed by atoms with Gasteiger partial charge in [0, 0.05) is 29.7 Å². The lowest BCUT2D eigenvalue weighted by Gasteiger charge is -2.38. The van der Waals surface area contributed by atoms with Gasteiger partial charge in [0.15, 0.2) is 0 Å². The number of aromatic nitrogens is 2. The lowest BCUT2D eigenvalue weighted by atomic mass is 9.76. The van der Waals surface area contributed by atoms with E-state index in [-0.39, 0.29) is 18.1 Å². The van der Waals surface area contributed by atoms with Crippen LogP contribution in [0.4, 0.5) is 0 Å².